The number of ether oxygens (including phenoxy) is 1. The van der Waals surface area contributed by atoms with E-state index in [1.54, 1.807) is 46.0 Å². The molecule has 0 bridgehead atoms. The number of aliphatic hydroxyl groups excluding tert-OH is 1. The highest BCUT2D eigenvalue weighted by Gasteiger charge is 2.26. The van der Waals surface area contributed by atoms with Crippen molar-refractivity contribution in [3.63, 3.8) is 0 Å². The second-order valence-corrected chi connectivity index (χ2v) is 5.76. The molecule has 2 N–H and O–H groups in total. The monoisotopic (exact) mass is 293 g/mol. The predicted molar refractivity (Wildman–Crippen MR) is 75.6 cm³/mol. The summed E-state index contributed by atoms with van der Waals surface area (Å²) in [4.78, 5) is 19.8. The minimum atomic E-state index is -1.09. The van der Waals surface area contributed by atoms with Crippen LogP contribution in [-0.2, 0) is 4.74 Å². The van der Waals surface area contributed by atoms with Crippen LogP contribution in [0.15, 0.2) is 22.7 Å². The van der Waals surface area contributed by atoms with E-state index < -0.39 is 23.8 Å². The molecule has 0 saturated heterocycles. The lowest BCUT2D eigenvalue weighted by molar-refractivity contribution is 0.0410. The molecule has 0 fully saturated rings. The van der Waals surface area contributed by atoms with Crippen molar-refractivity contribution in [2.75, 3.05) is 0 Å². The van der Waals surface area contributed by atoms with Gasteiger partial charge in [0.15, 0.2) is 17.3 Å². The van der Waals surface area contributed by atoms with E-state index in [0.29, 0.717) is 11.2 Å². The standard InChI is InChI=1S/C14H19N3O4/c1-8(16-13(19)21-14(2,3)4)10(18)12-17-11-9(20-12)6-5-7-15-11/h5-8,10,18H,1-4H3,(H,16,19). The maximum absolute atomic E-state index is 11.7. The van der Waals surface area contributed by atoms with Gasteiger partial charge >= 0.3 is 6.09 Å². The van der Waals surface area contributed by atoms with Crippen molar-refractivity contribution in [1.82, 2.24) is 15.3 Å². The van der Waals surface area contributed by atoms with Gasteiger partial charge in [-0.3, -0.25) is 0 Å². The van der Waals surface area contributed by atoms with Gasteiger partial charge in [-0.2, -0.15) is 4.98 Å². The van der Waals surface area contributed by atoms with E-state index in [2.05, 4.69) is 15.3 Å². The fourth-order valence-electron chi connectivity index (χ4n) is 1.70. The largest absolute Gasteiger partial charge is 0.444 e. The van der Waals surface area contributed by atoms with Crippen LogP contribution in [0.2, 0.25) is 0 Å². The molecule has 0 saturated carbocycles. The van der Waals surface area contributed by atoms with Crippen molar-refractivity contribution in [1.29, 1.82) is 0 Å². The third-order valence-corrected chi connectivity index (χ3v) is 2.65. The second kappa shape index (κ2) is 5.69. The lowest BCUT2D eigenvalue weighted by atomic mass is 10.2. The number of aliphatic hydroxyl groups is 1. The number of nitrogens with zero attached hydrogens (tertiary/aromatic N) is 2. The van der Waals surface area contributed by atoms with Crippen molar-refractivity contribution in [2.24, 2.45) is 0 Å². The SMILES string of the molecule is CC(NC(=O)OC(C)(C)C)C(O)c1nc2ncccc2o1. The Kier molecular flexibility index (Phi) is 4.13. The maximum Gasteiger partial charge on any atom is 0.407 e. The Morgan fingerprint density at radius 2 is 2.19 bits per heavy atom. The first-order chi connectivity index (χ1) is 9.76. The van der Waals surface area contributed by atoms with Crippen LogP contribution in [0.5, 0.6) is 0 Å². The van der Waals surface area contributed by atoms with Crippen LogP contribution < -0.4 is 5.32 Å². The lowest BCUT2D eigenvalue weighted by Gasteiger charge is -2.23. The molecule has 0 aliphatic rings. The van der Waals surface area contributed by atoms with Gasteiger partial charge < -0.3 is 19.6 Å². The maximum atomic E-state index is 11.7. The highest BCUT2D eigenvalue weighted by Crippen LogP contribution is 2.21. The van der Waals surface area contributed by atoms with E-state index in [1.165, 1.54) is 0 Å². The van der Waals surface area contributed by atoms with Crippen LogP contribution in [0.4, 0.5) is 4.79 Å². The molecule has 0 aromatic carbocycles. The smallest absolute Gasteiger partial charge is 0.407 e. The van der Waals surface area contributed by atoms with E-state index in [0.717, 1.165) is 0 Å². The summed E-state index contributed by atoms with van der Waals surface area (Å²) in [6, 6.07) is 2.80. The minimum absolute atomic E-state index is 0.104. The molecule has 7 nitrogen and oxygen atoms in total. The zero-order valence-corrected chi connectivity index (χ0v) is 12.5. The summed E-state index contributed by atoms with van der Waals surface area (Å²) in [6.07, 6.45) is -0.112. The molecule has 0 aliphatic carbocycles. The Bertz CT molecular complexity index is 599. The van der Waals surface area contributed by atoms with Crippen molar-refractivity contribution in [2.45, 2.75) is 45.4 Å². The number of nitrogens with one attached hydrogen (secondary N) is 1. The molecule has 0 spiro atoms. The molecule has 2 aromatic heterocycles. The number of hydrogen-bond acceptors (Lipinski definition) is 6. The number of amides is 1. The van der Waals surface area contributed by atoms with Crippen molar-refractivity contribution >= 4 is 17.3 Å². The Balaban J connectivity index is 2.05. The van der Waals surface area contributed by atoms with E-state index in [4.69, 9.17) is 9.15 Å². The normalized spacial score (nSPS) is 14.7. The van der Waals surface area contributed by atoms with Crippen molar-refractivity contribution in [3.8, 4) is 0 Å². The summed E-state index contributed by atoms with van der Waals surface area (Å²) in [5.41, 5.74) is 0.294. The Morgan fingerprint density at radius 3 is 2.81 bits per heavy atom. The van der Waals surface area contributed by atoms with Gasteiger partial charge in [0.2, 0.25) is 5.89 Å². The quantitative estimate of drug-likeness (QED) is 0.900. The number of pyridine rings is 1. The third kappa shape index (κ3) is 3.91. The first-order valence-electron chi connectivity index (χ1n) is 6.65. The van der Waals surface area contributed by atoms with Gasteiger partial charge in [0.1, 0.15) is 5.60 Å². The molecule has 2 heterocycles. The molecule has 21 heavy (non-hydrogen) atoms. The first-order valence-corrected chi connectivity index (χ1v) is 6.65. The fraction of sp³-hybridized carbons (Fsp3) is 0.500. The van der Waals surface area contributed by atoms with Crippen LogP contribution in [0.1, 0.15) is 39.7 Å². The summed E-state index contributed by atoms with van der Waals surface area (Å²) in [5.74, 6) is 0.104. The fourth-order valence-corrected chi connectivity index (χ4v) is 1.70. The summed E-state index contributed by atoms with van der Waals surface area (Å²) in [7, 11) is 0. The van der Waals surface area contributed by atoms with Gasteiger partial charge in [0.05, 0.1) is 6.04 Å². The molecule has 2 rings (SSSR count). The van der Waals surface area contributed by atoms with Gasteiger partial charge in [0, 0.05) is 6.20 Å². The molecule has 2 unspecified atom stereocenters. The van der Waals surface area contributed by atoms with Crippen molar-refractivity contribution < 1.29 is 19.1 Å². The van der Waals surface area contributed by atoms with Crippen LogP contribution in [0.25, 0.3) is 11.2 Å². The van der Waals surface area contributed by atoms with Gasteiger partial charge in [-0.1, -0.05) is 0 Å². The topological polar surface area (TPSA) is 97.5 Å². The molecule has 0 aliphatic heterocycles. The van der Waals surface area contributed by atoms with E-state index in [-0.39, 0.29) is 5.89 Å². The lowest BCUT2D eigenvalue weighted by Crippen LogP contribution is -2.40. The van der Waals surface area contributed by atoms with Crippen LogP contribution >= 0.6 is 0 Å². The number of carbonyl (C=O) groups is 1. The number of carbonyl (C=O) groups excluding carboxylic acids is 1. The molecule has 1 amide bonds. The molecular formula is C14H19N3O4. The van der Waals surface area contributed by atoms with E-state index in [1.807, 2.05) is 0 Å². The highest BCUT2D eigenvalue weighted by atomic mass is 16.6. The molecular weight excluding hydrogens is 274 g/mol. The average molecular weight is 293 g/mol. The highest BCUT2D eigenvalue weighted by molar-refractivity contribution is 5.68. The number of alkyl carbamates (subject to hydrolysis) is 1. The van der Waals surface area contributed by atoms with E-state index >= 15 is 0 Å². The number of oxazole rings is 1. The van der Waals surface area contributed by atoms with Crippen molar-refractivity contribution in [3.05, 3.63) is 24.2 Å². The third-order valence-electron chi connectivity index (χ3n) is 2.65. The molecule has 0 radical (unpaired) electrons. The van der Waals surface area contributed by atoms with Crippen LogP contribution in [0, 0.1) is 0 Å². The zero-order valence-electron chi connectivity index (χ0n) is 12.5. The molecule has 114 valence electrons. The Morgan fingerprint density at radius 1 is 1.48 bits per heavy atom. The van der Waals surface area contributed by atoms with E-state index in [9.17, 15) is 9.90 Å². The number of rotatable bonds is 3. The predicted octanol–water partition coefficient (Wildman–Crippen LogP) is 2.17. The summed E-state index contributed by atoms with van der Waals surface area (Å²) < 4.78 is 10.5. The van der Waals surface area contributed by atoms with Crippen LogP contribution in [0.3, 0.4) is 0 Å². The average Bonchev–Trinajstić information content (AvgIpc) is 2.78. The second-order valence-electron chi connectivity index (χ2n) is 5.76. The number of fused-ring (bicyclic) bond motifs is 1. The van der Waals surface area contributed by atoms with Gasteiger partial charge in [0.25, 0.3) is 0 Å². The number of hydrogen-bond donors (Lipinski definition) is 2. The molecule has 2 aromatic rings. The first kappa shape index (κ1) is 15.2. The van der Waals surface area contributed by atoms with Gasteiger partial charge in [-0.15, -0.1) is 0 Å². The molecule has 2 atom stereocenters. The van der Waals surface area contributed by atoms with Gasteiger partial charge in [-0.05, 0) is 39.8 Å². The Labute approximate surface area is 122 Å². The minimum Gasteiger partial charge on any atom is -0.444 e. The summed E-state index contributed by atoms with van der Waals surface area (Å²) in [5, 5.41) is 12.7. The van der Waals surface area contributed by atoms with Crippen LogP contribution in [-0.4, -0.2) is 32.8 Å². The summed E-state index contributed by atoms with van der Waals surface area (Å²) >= 11 is 0. The van der Waals surface area contributed by atoms with Gasteiger partial charge in [-0.25, -0.2) is 9.78 Å². The summed E-state index contributed by atoms with van der Waals surface area (Å²) in [6.45, 7) is 6.93. The molecule has 7 heteroatoms. The zero-order chi connectivity index (χ0) is 15.6. The number of aromatic nitrogens is 2. The Hall–Kier alpha value is -2.15.